The van der Waals surface area contributed by atoms with E-state index in [4.69, 9.17) is 5.11 Å². The summed E-state index contributed by atoms with van der Waals surface area (Å²) in [6, 6.07) is 4.87. The molecular formula is C14H17N3O5. The number of hydrogen-bond acceptors (Lipinski definition) is 5. The number of carbonyl (C=O) groups excluding carboxylic acids is 1. The molecule has 0 saturated carbocycles. The van der Waals surface area contributed by atoms with Gasteiger partial charge >= 0.3 is 5.97 Å². The van der Waals surface area contributed by atoms with Crippen LogP contribution in [0.3, 0.4) is 0 Å². The van der Waals surface area contributed by atoms with Crippen molar-refractivity contribution in [1.82, 2.24) is 5.32 Å². The van der Waals surface area contributed by atoms with Gasteiger partial charge in [0.2, 0.25) is 5.91 Å². The van der Waals surface area contributed by atoms with E-state index in [0.29, 0.717) is 6.42 Å². The largest absolute Gasteiger partial charge is 0.480 e. The number of benzene rings is 1. The van der Waals surface area contributed by atoms with Gasteiger partial charge in [-0.05, 0) is 18.9 Å². The molecule has 1 aromatic rings. The molecular weight excluding hydrogens is 290 g/mol. The van der Waals surface area contributed by atoms with Crippen molar-refractivity contribution < 1.29 is 19.6 Å². The molecule has 118 valence electrons. The highest BCUT2D eigenvalue weighted by Gasteiger charge is 2.19. The Labute approximate surface area is 127 Å². The Bertz CT molecular complexity index is 573. The van der Waals surface area contributed by atoms with Crippen molar-refractivity contribution in [2.45, 2.75) is 18.9 Å². The van der Waals surface area contributed by atoms with Crippen molar-refractivity contribution in [3.8, 4) is 0 Å². The molecule has 1 unspecified atom stereocenters. The maximum absolute atomic E-state index is 11.7. The number of para-hydroxylation sites is 2. The number of carboxylic acids is 1. The minimum Gasteiger partial charge on any atom is -0.480 e. The van der Waals surface area contributed by atoms with Gasteiger partial charge in [0.05, 0.1) is 11.5 Å². The van der Waals surface area contributed by atoms with E-state index in [1.54, 1.807) is 12.1 Å². The van der Waals surface area contributed by atoms with Crippen molar-refractivity contribution >= 4 is 23.3 Å². The zero-order valence-electron chi connectivity index (χ0n) is 11.8. The molecule has 8 nitrogen and oxygen atoms in total. The molecule has 0 spiro atoms. The van der Waals surface area contributed by atoms with Crippen LogP contribution in [-0.4, -0.2) is 34.5 Å². The molecule has 0 aliphatic rings. The van der Waals surface area contributed by atoms with Gasteiger partial charge in [0.25, 0.3) is 5.69 Å². The Morgan fingerprint density at radius 3 is 2.68 bits per heavy atom. The molecule has 0 saturated heterocycles. The van der Waals surface area contributed by atoms with Crippen molar-refractivity contribution in [3.63, 3.8) is 0 Å². The summed E-state index contributed by atoms with van der Waals surface area (Å²) in [4.78, 5) is 33.0. The van der Waals surface area contributed by atoms with Crippen LogP contribution < -0.4 is 10.6 Å². The third-order valence-electron chi connectivity index (χ3n) is 2.83. The summed E-state index contributed by atoms with van der Waals surface area (Å²) >= 11 is 0. The number of carboxylic acid groups (broad SMARTS) is 1. The van der Waals surface area contributed by atoms with Gasteiger partial charge in [-0.2, -0.15) is 0 Å². The second-order valence-corrected chi connectivity index (χ2v) is 4.45. The molecule has 0 aromatic heterocycles. The molecule has 3 N–H and O–H groups in total. The highest BCUT2D eigenvalue weighted by Crippen LogP contribution is 2.22. The van der Waals surface area contributed by atoms with Gasteiger partial charge in [0.1, 0.15) is 11.7 Å². The molecule has 1 aromatic carbocycles. The van der Waals surface area contributed by atoms with Gasteiger partial charge in [-0.15, -0.1) is 6.58 Å². The second-order valence-electron chi connectivity index (χ2n) is 4.45. The van der Waals surface area contributed by atoms with Crippen LogP contribution in [0.5, 0.6) is 0 Å². The van der Waals surface area contributed by atoms with E-state index in [-0.39, 0.29) is 24.3 Å². The number of rotatable bonds is 9. The number of aliphatic carboxylic acids is 1. The highest BCUT2D eigenvalue weighted by atomic mass is 16.6. The first-order chi connectivity index (χ1) is 10.5. The molecule has 0 radical (unpaired) electrons. The molecule has 0 aliphatic carbocycles. The van der Waals surface area contributed by atoms with E-state index >= 15 is 0 Å². The molecule has 0 fully saturated rings. The fraction of sp³-hybridized carbons (Fsp3) is 0.286. The number of nitrogens with zero attached hydrogens (tertiary/aromatic N) is 1. The third kappa shape index (κ3) is 5.23. The number of anilines is 1. The number of allylic oxidation sites excluding steroid dienone is 1. The first-order valence-corrected chi connectivity index (χ1v) is 6.56. The van der Waals surface area contributed by atoms with Gasteiger partial charge < -0.3 is 15.7 Å². The molecule has 1 atom stereocenters. The smallest absolute Gasteiger partial charge is 0.326 e. The van der Waals surface area contributed by atoms with Crippen LogP contribution in [-0.2, 0) is 9.59 Å². The fourth-order valence-electron chi connectivity index (χ4n) is 1.75. The first kappa shape index (κ1) is 17.2. The van der Waals surface area contributed by atoms with E-state index < -0.39 is 22.8 Å². The molecule has 1 rings (SSSR count). The van der Waals surface area contributed by atoms with E-state index in [9.17, 15) is 19.7 Å². The van der Waals surface area contributed by atoms with E-state index in [2.05, 4.69) is 17.2 Å². The van der Waals surface area contributed by atoms with Crippen LogP contribution in [0.2, 0.25) is 0 Å². The Hall–Kier alpha value is -2.90. The lowest BCUT2D eigenvalue weighted by atomic mass is 10.1. The molecule has 22 heavy (non-hydrogen) atoms. The van der Waals surface area contributed by atoms with Crippen molar-refractivity contribution in [3.05, 3.63) is 47.0 Å². The van der Waals surface area contributed by atoms with Crippen LogP contribution in [0.25, 0.3) is 0 Å². The van der Waals surface area contributed by atoms with Crippen molar-refractivity contribution in [2.75, 3.05) is 11.9 Å². The standard InChI is InChI=1S/C14H17N3O5/c1-2-3-6-11(14(19)20)16-13(18)9-15-10-7-4-5-8-12(10)17(21)22/h2,4-5,7-8,11,15H,1,3,6,9H2,(H,16,18)(H,19,20). The topological polar surface area (TPSA) is 122 Å². The number of nitrogens with one attached hydrogen (secondary N) is 2. The molecule has 8 heteroatoms. The summed E-state index contributed by atoms with van der Waals surface area (Å²) in [6.45, 7) is 3.23. The first-order valence-electron chi connectivity index (χ1n) is 6.56. The normalized spacial score (nSPS) is 11.3. The van der Waals surface area contributed by atoms with Gasteiger partial charge in [-0.25, -0.2) is 4.79 Å². The molecule has 0 heterocycles. The number of amides is 1. The maximum Gasteiger partial charge on any atom is 0.326 e. The Morgan fingerprint density at radius 2 is 2.09 bits per heavy atom. The summed E-state index contributed by atoms with van der Waals surface area (Å²) in [5.41, 5.74) is 0.0392. The van der Waals surface area contributed by atoms with Crippen LogP contribution in [0.1, 0.15) is 12.8 Å². The number of carbonyl (C=O) groups is 2. The predicted molar refractivity (Wildman–Crippen MR) is 80.6 cm³/mol. The summed E-state index contributed by atoms with van der Waals surface area (Å²) in [5.74, 6) is -1.70. The third-order valence-corrected chi connectivity index (χ3v) is 2.83. The van der Waals surface area contributed by atoms with Crippen molar-refractivity contribution in [2.24, 2.45) is 0 Å². The highest BCUT2D eigenvalue weighted by molar-refractivity contribution is 5.86. The van der Waals surface area contributed by atoms with Crippen molar-refractivity contribution in [1.29, 1.82) is 0 Å². The second kappa shape index (κ2) is 8.40. The molecule has 0 bridgehead atoms. The van der Waals surface area contributed by atoms with E-state index in [1.165, 1.54) is 18.2 Å². The number of nitro groups is 1. The predicted octanol–water partition coefficient (Wildman–Crippen LogP) is 1.54. The lowest BCUT2D eigenvalue weighted by molar-refractivity contribution is -0.383. The maximum atomic E-state index is 11.7. The lowest BCUT2D eigenvalue weighted by Crippen LogP contribution is -2.43. The summed E-state index contributed by atoms with van der Waals surface area (Å²) in [7, 11) is 0. The lowest BCUT2D eigenvalue weighted by Gasteiger charge is -2.14. The average Bonchev–Trinajstić information content (AvgIpc) is 2.49. The van der Waals surface area contributed by atoms with Crippen LogP contribution in [0.15, 0.2) is 36.9 Å². The van der Waals surface area contributed by atoms with Crippen LogP contribution >= 0.6 is 0 Å². The van der Waals surface area contributed by atoms with E-state index in [1.807, 2.05) is 0 Å². The quantitative estimate of drug-likeness (QED) is 0.361. The Balaban J connectivity index is 2.60. The SMILES string of the molecule is C=CCCC(NC(=O)CNc1ccccc1[N+](=O)[O-])C(=O)O. The minimum absolute atomic E-state index is 0.156. The molecule has 0 aliphatic heterocycles. The summed E-state index contributed by atoms with van der Waals surface area (Å²) in [5, 5.41) is 24.8. The zero-order chi connectivity index (χ0) is 16.5. The Morgan fingerprint density at radius 1 is 1.41 bits per heavy atom. The summed E-state index contributed by atoms with van der Waals surface area (Å²) in [6.07, 6.45) is 2.25. The number of hydrogen-bond donors (Lipinski definition) is 3. The van der Waals surface area contributed by atoms with Crippen LogP contribution in [0.4, 0.5) is 11.4 Å². The summed E-state index contributed by atoms with van der Waals surface area (Å²) < 4.78 is 0. The Kier molecular flexibility index (Phi) is 6.55. The van der Waals surface area contributed by atoms with Gasteiger partial charge in [0.15, 0.2) is 0 Å². The zero-order valence-corrected chi connectivity index (χ0v) is 11.8. The van der Waals surface area contributed by atoms with Gasteiger partial charge in [-0.1, -0.05) is 18.2 Å². The fourth-order valence-corrected chi connectivity index (χ4v) is 1.75. The monoisotopic (exact) mass is 307 g/mol. The van der Waals surface area contributed by atoms with Gasteiger partial charge in [-0.3, -0.25) is 14.9 Å². The van der Waals surface area contributed by atoms with E-state index in [0.717, 1.165) is 0 Å². The number of nitro benzene ring substituents is 1. The average molecular weight is 307 g/mol. The molecule has 1 amide bonds. The van der Waals surface area contributed by atoms with Crippen LogP contribution in [0, 0.1) is 10.1 Å². The minimum atomic E-state index is -1.14. The van der Waals surface area contributed by atoms with Gasteiger partial charge in [0, 0.05) is 6.07 Å².